The highest BCUT2D eigenvalue weighted by atomic mass is 16.5. The van der Waals surface area contributed by atoms with Crippen molar-refractivity contribution in [1.29, 1.82) is 0 Å². The highest BCUT2D eigenvalue weighted by molar-refractivity contribution is 5.90. The molecule has 0 bridgehead atoms. The molecule has 1 aromatic carbocycles. The highest BCUT2D eigenvalue weighted by Crippen LogP contribution is 2.14. The first-order chi connectivity index (χ1) is 13.0. The van der Waals surface area contributed by atoms with Gasteiger partial charge in [-0.15, -0.1) is 6.42 Å². The number of nitrogens with zero attached hydrogens (tertiary/aromatic N) is 1. The van der Waals surface area contributed by atoms with E-state index in [2.05, 4.69) is 11.2 Å². The average Bonchev–Trinajstić information content (AvgIpc) is 2.64. The van der Waals surface area contributed by atoms with Gasteiger partial charge in [0, 0.05) is 25.1 Å². The van der Waals surface area contributed by atoms with Crippen molar-refractivity contribution in [2.75, 3.05) is 18.9 Å². The minimum atomic E-state index is -0.335. The Labute approximate surface area is 162 Å². The van der Waals surface area contributed by atoms with E-state index < -0.39 is 0 Å². The van der Waals surface area contributed by atoms with Gasteiger partial charge in [-0.05, 0) is 37.6 Å². The third-order valence-electron chi connectivity index (χ3n) is 4.21. The Balaban J connectivity index is 2.18. The van der Waals surface area contributed by atoms with Crippen LogP contribution in [0.2, 0.25) is 0 Å². The number of carbonyl (C=O) groups is 2. The minimum Gasteiger partial charge on any atom is -0.326 e. The summed E-state index contributed by atoms with van der Waals surface area (Å²) in [4.78, 5) is 25.0. The lowest BCUT2D eigenvalue weighted by molar-refractivity contribution is -0.129. The van der Waals surface area contributed by atoms with Crippen LogP contribution in [0.15, 0.2) is 24.3 Å². The van der Waals surface area contributed by atoms with Crippen LogP contribution in [0.3, 0.4) is 0 Å². The smallest absolute Gasteiger partial charge is 0.243 e. The van der Waals surface area contributed by atoms with Crippen LogP contribution in [-0.2, 0) is 16.1 Å². The topological polar surface area (TPSA) is 81.7 Å². The molecule has 0 atom stereocenters. The van der Waals surface area contributed by atoms with Crippen LogP contribution in [0, 0.1) is 12.3 Å². The molecule has 1 rings (SSSR count). The number of terminal acetylenes is 1. The van der Waals surface area contributed by atoms with Gasteiger partial charge in [0.05, 0.1) is 6.54 Å². The molecule has 0 unspecified atom stereocenters. The molecule has 0 aliphatic rings. The summed E-state index contributed by atoms with van der Waals surface area (Å²) in [5.74, 6) is 2.31. The lowest BCUT2D eigenvalue weighted by atomic mass is 10.1. The average molecular weight is 373 g/mol. The Kier molecular flexibility index (Phi) is 11.6. The number of unbranched alkanes of at least 4 members (excludes halogenated alkanes) is 5. The zero-order valence-corrected chi connectivity index (χ0v) is 16.2. The third-order valence-corrected chi connectivity index (χ3v) is 4.21. The summed E-state index contributed by atoms with van der Waals surface area (Å²) in [7, 11) is 1.96. The second-order valence-electron chi connectivity index (χ2n) is 6.78. The summed E-state index contributed by atoms with van der Waals surface area (Å²) in [5.41, 5.74) is 3.56. The maximum atomic E-state index is 12.1. The van der Waals surface area contributed by atoms with Gasteiger partial charge in [-0.2, -0.15) is 0 Å². The molecule has 0 aromatic heterocycles. The van der Waals surface area contributed by atoms with Crippen LogP contribution in [-0.4, -0.2) is 35.5 Å². The first kappa shape index (κ1) is 22.7. The van der Waals surface area contributed by atoms with E-state index in [0.29, 0.717) is 19.4 Å². The quantitative estimate of drug-likeness (QED) is 0.214. The van der Waals surface area contributed by atoms with Gasteiger partial charge >= 0.3 is 0 Å². The summed E-state index contributed by atoms with van der Waals surface area (Å²) < 4.78 is 0. The number of nitrogens with one attached hydrogen (secondary N) is 2. The van der Waals surface area contributed by atoms with Crippen molar-refractivity contribution < 1.29 is 14.8 Å². The monoisotopic (exact) mass is 373 g/mol. The van der Waals surface area contributed by atoms with Crippen LogP contribution in [0.1, 0.15) is 56.9 Å². The van der Waals surface area contributed by atoms with E-state index in [0.717, 1.165) is 56.3 Å². The fourth-order valence-electron chi connectivity index (χ4n) is 2.83. The summed E-state index contributed by atoms with van der Waals surface area (Å²) in [5, 5.41) is 11.3. The fourth-order valence-corrected chi connectivity index (χ4v) is 2.83. The molecular weight excluding hydrogens is 342 g/mol. The standard InChI is InChI=1S/C21H31N3O3/c1-3-15-24(2)17-18-11-10-12-19(16-18)22-20(25)13-8-6-4-5-7-9-14-21(26)23-27/h1,10-12,16,27H,4-9,13-15,17H2,2H3,(H,22,25)(H,23,26). The van der Waals surface area contributed by atoms with Crippen LogP contribution in [0.4, 0.5) is 5.69 Å². The molecule has 6 heteroatoms. The SMILES string of the molecule is C#CCN(C)Cc1cccc(NC(=O)CCCCCCCCC(=O)NO)c1. The van der Waals surface area contributed by atoms with Crippen molar-refractivity contribution in [2.24, 2.45) is 0 Å². The summed E-state index contributed by atoms with van der Waals surface area (Å²) >= 11 is 0. The van der Waals surface area contributed by atoms with E-state index in [1.807, 2.05) is 36.2 Å². The molecule has 148 valence electrons. The van der Waals surface area contributed by atoms with Gasteiger partial charge in [0.1, 0.15) is 0 Å². The Morgan fingerprint density at radius 1 is 1.07 bits per heavy atom. The highest BCUT2D eigenvalue weighted by Gasteiger charge is 2.05. The molecule has 1 aromatic rings. The molecule has 0 aliphatic heterocycles. The Morgan fingerprint density at radius 2 is 1.70 bits per heavy atom. The number of carbonyl (C=O) groups excluding carboxylic acids is 2. The number of hydroxylamine groups is 1. The number of anilines is 1. The molecule has 3 N–H and O–H groups in total. The molecule has 0 aliphatic carbocycles. The molecule has 0 fully saturated rings. The van der Waals surface area contributed by atoms with Crippen molar-refractivity contribution in [3.63, 3.8) is 0 Å². The minimum absolute atomic E-state index is 0.0312. The number of hydrogen-bond donors (Lipinski definition) is 3. The van der Waals surface area contributed by atoms with Gasteiger partial charge in [-0.3, -0.25) is 19.7 Å². The van der Waals surface area contributed by atoms with Gasteiger partial charge in [0.2, 0.25) is 11.8 Å². The fraction of sp³-hybridized carbons (Fsp3) is 0.524. The van der Waals surface area contributed by atoms with E-state index in [4.69, 9.17) is 11.6 Å². The first-order valence-corrected chi connectivity index (χ1v) is 9.49. The molecule has 2 amide bonds. The number of rotatable bonds is 13. The summed E-state index contributed by atoms with van der Waals surface area (Å²) in [6, 6.07) is 7.83. The van der Waals surface area contributed by atoms with Crippen molar-refractivity contribution in [3.05, 3.63) is 29.8 Å². The van der Waals surface area contributed by atoms with Gasteiger partial charge < -0.3 is 5.32 Å². The number of amides is 2. The lowest BCUT2D eigenvalue weighted by Crippen LogP contribution is -2.18. The maximum Gasteiger partial charge on any atom is 0.243 e. The van der Waals surface area contributed by atoms with E-state index >= 15 is 0 Å². The second-order valence-corrected chi connectivity index (χ2v) is 6.78. The zero-order valence-electron chi connectivity index (χ0n) is 16.2. The van der Waals surface area contributed by atoms with Gasteiger partial charge in [0.25, 0.3) is 0 Å². The molecule has 0 heterocycles. The lowest BCUT2D eigenvalue weighted by Gasteiger charge is -2.14. The van der Waals surface area contributed by atoms with Crippen molar-refractivity contribution in [3.8, 4) is 12.3 Å². The van der Waals surface area contributed by atoms with E-state index in [9.17, 15) is 9.59 Å². The molecule has 0 saturated carbocycles. The van der Waals surface area contributed by atoms with Crippen LogP contribution < -0.4 is 10.8 Å². The maximum absolute atomic E-state index is 12.1. The predicted molar refractivity (Wildman–Crippen MR) is 107 cm³/mol. The Hall–Kier alpha value is -2.36. The van der Waals surface area contributed by atoms with Crippen molar-refractivity contribution in [1.82, 2.24) is 10.4 Å². The number of benzene rings is 1. The predicted octanol–water partition coefficient (Wildman–Crippen LogP) is 3.32. The van der Waals surface area contributed by atoms with Crippen molar-refractivity contribution in [2.45, 2.75) is 57.9 Å². The molecule has 6 nitrogen and oxygen atoms in total. The Bertz CT molecular complexity index is 625. The zero-order chi connectivity index (χ0) is 19.9. The van der Waals surface area contributed by atoms with Crippen LogP contribution in [0.5, 0.6) is 0 Å². The normalized spacial score (nSPS) is 10.4. The first-order valence-electron chi connectivity index (χ1n) is 9.49. The molecular formula is C21H31N3O3. The summed E-state index contributed by atoms with van der Waals surface area (Å²) in [6.07, 6.45) is 11.8. The van der Waals surface area contributed by atoms with Crippen molar-refractivity contribution >= 4 is 17.5 Å². The van der Waals surface area contributed by atoms with Crippen LogP contribution >= 0.6 is 0 Å². The second kappa shape index (κ2) is 13.8. The van der Waals surface area contributed by atoms with E-state index in [1.54, 1.807) is 5.48 Å². The largest absolute Gasteiger partial charge is 0.326 e. The van der Waals surface area contributed by atoms with E-state index in [1.165, 1.54) is 0 Å². The molecule has 27 heavy (non-hydrogen) atoms. The van der Waals surface area contributed by atoms with Gasteiger partial charge in [0.15, 0.2) is 0 Å². The molecule has 0 spiro atoms. The third kappa shape index (κ3) is 11.1. The molecule has 0 saturated heterocycles. The van der Waals surface area contributed by atoms with Gasteiger partial charge in [-0.1, -0.05) is 43.7 Å². The van der Waals surface area contributed by atoms with E-state index in [-0.39, 0.29) is 11.8 Å². The van der Waals surface area contributed by atoms with Crippen LogP contribution in [0.25, 0.3) is 0 Å². The summed E-state index contributed by atoms with van der Waals surface area (Å²) in [6.45, 7) is 1.33. The molecule has 0 radical (unpaired) electrons. The number of hydrogen-bond acceptors (Lipinski definition) is 4. The Morgan fingerprint density at radius 3 is 2.33 bits per heavy atom. The van der Waals surface area contributed by atoms with Gasteiger partial charge in [-0.25, -0.2) is 5.48 Å².